The average molecular weight is 352 g/mol. The normalized spacial score (nSPS) is 23.8. The number of halogens is 1. The number of ether oxygens (including phenoxy) is 1. The molecule has 8 heteroatoms. The maximum absolute atomic E-state index is 13.1. The summed E-state index contributed by atoms with van der Waals surface area (Å²) in [6, 6.07) is 0.540. The largest absolute Gasteiger partial charge is 0.383 e. The van der Waals surface area contributed by atoms with Crippen LogP contribution in [0.15, 0.2) is 0 Å². The molecule has 7 nitrogen and oxygen atoms in total. The van der Waals surface area contributed by atoms with E-state index in [1.54, 1.807) is 0 Å². The van der Waals surface area contributed by atoms with E-state index in [9.17, 15) is 4.79 Å². The zero-order valence-electron chi connectivity index (χ0n) is 13.8. The molecule has 3 aliphatic heterocycles. The summed E-state index contributed by atoms with van der Waals surface area (Å²) in [4.78, 5) is 25.6. The molecule has 0 atom stereocenters. The fourth-order valence-corrected chi connectivity index (χ4v) is 4.00. The van der Waals surface area contributed by atoms with Crippen molar-refractivity contribution in [1.82, 2.24) is 19.8 Å². The molecule has 2 saturated heterocycles. The molecule has 0 aromatic carbocycles. The molecule has 2 fully saturated rings. The van der Waals surface area contributed by atoms with Gasteiger partial charge in [-0.05, 0) is 37.5 Å². The molecule has 0 saturated carbocycles. The van der Waals surface area contributed by atoms with Crippen LogP contribution in [0.3, 0.4) is 0 Å². The van der Waals surface area contributed by atoms with Crippen LogP contribution < -0.4 is 5.73 Å². The van der Waals surface area contributed by atoms with E-state index in [1.165, 1.54) is 0 Å². The van der Waals surface area contributed by atoms with Gasteiger partial charge in [-0.15, -0.1) is 0 Å². The van der Waals surface area contributed by atoms with Crippen LogP contribution >= 0.6 is 11.6 Å². The minimum absolute atomic E-state index is 0.141. The number of hydrogen-bond acceptors (Lipinski definition) is 6. The number of aromatic nitrogens is 2. The molecule has 1 amide bonds. The second-order valence-corrected chi connectivity index (χ2v) is 7.59. The van der Waals surface area contributed by atoms with E-state index in [0.29, 0.717) is 24.9 Å². The van der Waals surface area contributed by atoms with Crippen LogP contribution in [0, 0.1) is 5.41 Å². The Morgan fingerprint density at radius 1 is 1.29 bits per heavy atom. The van der Waals surface area contributed by atoms with E-state index in [1.807, 2.05) is 4.90 Å². The lowest BCUT2D eigenvalue weighted by Crippen LogP contribution is -2.55. The van der Waals surface area contributed by atoms with Gasteiger partial charge in [0, 0.05) is 11.0 Å². The SMILES string of the molecule is CC1(C(=O)N2Cc3nc(Cl)nc(N)c3C2)CCN(C2COC2)CC1. The number of rotatable bonds is 2. The van der Waals surface area contributed by atoms with Gasteiger partial charge in [-0.25, -0.2) is 9.97 Å². The Kier molecular flexibility index (Phi) is 3.89. The second-order valence-electron chi connectivity index (χ2n) is 7.25. The monoisotopic (exact) mass is 351 g/mol. The van der Waals surface area contributed by atoms with E-state index in [-0.39, 0.29) is 16.6 Å². The molecular formula is C16H22ClN5O2. The van der Waals surface area contributed by atoms with Crippen LogP contribution in [-0.4, -0.2) is 58.0 Å². The molecule has 0 unspecified atom stereocenters. The Morgan fingerprint density at radius 3 is 2.62 bits per heavy atom. The van der Waals surface area contributed by atoms with Crippen molar-refractivity contribution < 1.29 is 9.53 Å². The number of piperidine rings is 1. The van der Waals surface area contributed by atoms with Crippen LogP contribution in [-0.2, 0) is 22.6 Å². The van der Waals surface area contributed by atoms with Crippen molar-refractivity contribution in [2.45, 2.75) is 38.9 Å². The molecule has 0 bridgehead atoms. The summed E-state index contributed by atoms with van der Waals surface area (Å²) < 4.78 is 5.27. The summed E-state index contributed by atoms with van der Waals surface area (Å²) in [6.45, 7) is 6.57. The number of likely N-dealkylation sites (tertiary alicyclic amines) is 1. The molecule has 0 spiro atoms. The molecule has 1 aromatic rings. The molecule has 130 valence electrons. The lowest BCUT2D eigenvalue weighted by atomic mass is 9.78. The van der Waals surface area contributed by atoms with Gasteiger partial charge < -0.3 is 15.4 Å². The van der Waals surface area contributed by atoms with E-state index in [4.69, 9.17) is 22.1 Å². The minimum Gasteiger partial charge on any atom is -0.383 e. The van der Waals surface area contributed by atoms with Crippen molar-refractivity contribution in [3.05, 3.63) is 16.5 Å². The van der Waals surface area contributed by atoms with Crippen LogP contribution in [0.1, 0.15) is 31.0 Å². The molecule has 3 aliphatic rings. The van der Waals surface area contributed by atoms with E-state index >= 15 is 0 Å². The van der Waals surface area contributed by atoms with E-state index in [2.05, 4.69) is 21.8 Å². The predicted molar refractivity (Wildman–Crippen MR) is 89.2 cm³/mol. The van der Waals surface area contributed by atoms with Crippen molar-refractivity contribution in [3.8, 4) is 0 Å². The second kappa shape index (κ2) is 5.82. The highest BCUT2D eigenvalue weighted by Crippen LogP contribution is 2.37. The maximum atomic E-state index is 13.1. The minimum atomic E-state index is -0.324. The highest BCUT2D eigenvalue weighted by atomic mass is 35.5. The van der Waals surface area contributed by atoms with Gasteiger partial charge >= 0.3 is 0 Å². The third-order valence-corrected chi connectivity index (χ3v) is 5.80. The Morgan fingerprint density at radius 2 is 2.00 bits per heavy atom. The first kappa shape index (κ1) is 16.1. The summed E-state index contributed by atoms with van der Waals surface area (Å²) in [6.07, 6.45) is 1.74. The number of hydrogen-bond donors (Lipinski definition) is 1. The quantitative estimate of drug-likeness (QED) is 0.802. The zero-order valence-corrected chi connectivity index (χ0v) is 14.6. The van der Waals surface area contributed by atoms with E-state index < -0.39 is 0 Å². The van der Waals surface area contributed by atoms with Gasteiger partial charge in [-0.1, -0.05) is 6.92 Å². The number of carbonyl (C=O) groups is 1. The van der Waals surface area contributed by atoms with Crippen molar-refractivity contribution in [2.75, 3.05) is 32.0 Å². The van der Waals surface area contributed by atoms with Gasteiger partial charge in [0.2, 0.25) is 11.2 Å². The molecule has 24 heavy (non-hydrogen) atoms. The summed E-state index contributed by atoms with van der Waals surface area (Å²) in [5.74, 6) is 0.561. The van der Waals surface area contributed by atoms with Crippen LogP contribution in [0.5, 0.6) is 0 Å². The Balaban J connectivity index is 1.44. The van der Waals surface area contributed by atoms with Gasteiger partial charge in [-0.3, -0.25) is 9.69 Å². The van der Waals surface area contributed by atoms with Crippen LogP contribution in [0.2, 0.25) is 5.28 Å². The molecule has 2 N–H and O–H groups in total. The Bertz CT molecular complexity index is 671. The van der Waals surface area contributed by atoms with Gasteiger partial charge in [0.25, 0.3) is 0 Å². The number of anilines is 1. The number of nitrogens with two attached hydrogens (primary N) is 1. The van der Waals surface area contributed by atoms with Gasteiger partial charge in [0.05, 0.1) is 38.0 Å². The number of amides is 1. The van der Waals surface area contributed by atoms with Crippen molar-refractivity contribution in [3.63, 3.8) is 0 Å². The first-order chi connectivity index (χ1) is 11.5. The highest BCUT2D eigenvalue weighted by Gasteiger charge is 2.43. The Hall–Kier alpha value is -1.44. The average Bonchev–Trinajstić information content (AvgIpc) is 2.91. The van der Waals surface area contributed by atoms with Gasteiger partial charge in [-0.2, -0.15) is 0 Å². The maximum Gasteiger partial charge on any atom is 0.229 e. The predicted octanol–water partition coefficient (Wildman–Crippen LogP) is 1.06. The Labute approximate surface area is 146 Å². The number of nitrogens with zero attached hydrogens (tertiary/aromatic N) is 4. The molecule has 0 aliphatic carbocycles. The summed E-state index contributed by atoms with van der Waals surface area (Å²) in [5.41, 5.74) is 7.21. The summed E-state index contributed by atoms with van der Waals surface area (Å²) in [7, 11) is 0. The molecular weight excluding hydrogens is 330 g/mol. The number of carbonyl (C=O) groups excluding carboxylic acids is 1. The standard InChI is InChI=1S/C16H22ClN5O2/c1-16(2-4-21(5-3-16)10-8-24-9-10)14(23)22-6-11-12(7-22)19-15(17)20-13(11)18/h10H,2-9H2,1H3,(H2,18,19,20). The number of nitrogen functional groups attached to an aromatic ring is 1. The summed E-state index contributed by atoms with van der Waals surface area (Å²) >= 11 is 5.88. The van der Waals surface area contributed by atoms with Gasteiger partial charge in [0.15, 0.2) is 0 Å². The summed E-state index contributed by atoms with van der Waals surface area (Å²) in [5, 5.41) is 0.141. The number of fused-ring (bicyclic) bond motifs is 1. The van der Waals surface area contributed by atoms with E-state index in [0.717, 1.165) is 50.4 Å². The smallest absolute Gasteiger partial charge is 0.229 e. The molecule has 1 aromatic heterocycles. The zero-order chi connectivity index (χ0) is 16.9. The lowest BCUT2D eigenvalue weighted by Gasteiger charge is -2.45. The third kappa shape index (κ3) is 2.64. The topological polar surface area (TPSA) is 84.6 Å². The van der Waals surface area contributed by atoms with Gasteiger partial charge in [0.1, 0.15) is 5.82 Å². The first-order valence-electron chi connectivity index (χ1n) is 8.38. The fourth-order valence-electron chi connectivity index (χ4n) is 3.81. The third-order valence-electron chi connectivity index (χ3n) is 5.63. The van der Waals surface area contributed by atoms with Crippen LogP contribution in [0.4, 0.5) is 5.82 Å². The molecule has 4 rings (SSSR count). The van der Waals surface area contributed by atoms with Crippen molar-refractivity contribution >= 4 is 23.3 Å². The highest BCUT2D eigenvalue weighted by molar-refractivity contribution is 6.28. The van der Waals surface area contributed by atoms with Crippen molar-refractivity contribution in [2.24, 2.45) is 5.41 Å². The lowest BCUT2D eigenvalue weighted by molar-refractivity contribution is -0.147. The van der Waals surface area contributed by atoms with Crippen molar-refractivity contribution in [1.29, 1.82) is 0 Å². The first-order valence-corrected chi connectivity index (χ1v) is 8.76. The molecule has 0 radical (unpaired) electrons. The van der Waals surface area contributed by atoms with Crippen LogP contribution in [0.25, 0.3) is 0 Å². The molecule has 4 heterocycles. The fraction of sp³-hybridized carbons (Fsp3) is 0.688.